The van der Waals surface area contributed by atoms with E-state index in [4.69, 9.17) is 11.6 Å². The van der Waals surface area contributed by atoms with Crippen molar-refractivity contribution in [3.8, 4) is 0 Å². The van der Waals surface area contributed by atoms with Crippen LogP contribution >= 0.6 is 23.1 Å². The Kier molecular flexibility index (Phi) is 4.80. The van der Waals surface area contributed by atoms with E-state index >= 15 is 0 Å². The van der Waals surface area contributed by atoms with E-state index in [2.05, 4.69) is 14.6 Å². The number of aromatic nitrogens is 3. The van der Waals surface area contributed by atoms with E-state index in [1.165, 1.54) is 11.5 Å². The summed E-state index contributed by atoms with van der Waals surface area (Å²) in [6.07, 6.45) is -3.64. The highest BCUT2D eigenvalue weighted by atomic mass is 35.5. The topological polar surface area (TPSA) is 41.9 Å². The van der Waals surface area contributed by atoms with E-state index in [1.807, 2.05) is 18.9 Å². The summed E-state index contributed by atoms with van der Waals surface area (Å²) in [6.45, 7) is 2.78. The highest BCUT2D eigenvalue weighted by molar-refractivity contribution is 7.05. The van der Waals surface area contributed by atoms with Gasteiger partial charge < -0.3 is 0 Å². The van der Waals surface area contributed by atoms with Gasteiger partial charge in [-0.15, -0.1) is 5.10 Å². The van der Waals surface area contributed by atoms with Gasteiger partial charge in [0.25, 0.3) is 0 Å². The van der Waals surface area contributed by atoms with Crippen molar-refractivity contribution in [3.63, 3.8) is 0 Å². The Morgan fingerprint density at radius 1 is 1.33 bits per heavy atom. The van der Waals surface area contributed by atoms with Crippen molar-refractivity contribution >= 4 is 23.1 Å². The van der Waals surface area contributed by atoms with Crippen LogP contribution in [0, 0.1) is 6.92 Å². The van der Waals surface area contributed by atoms with Crippen LogP contribution < -0.4 is 0 Å². The molecule has 0 aliphatic rings. The van der Waals surface area contributed by atoms with Crippen molar-refractivity contribution in [2.45, 2.75) is 26.2 Å². The van der Waals surface area contributed by atoms with Crippen LogP contribution in [0.25, 0.3) is 0 Å². The van der Waals surface area contributed by atoms with Gasteiger partial charge in [-0.2, -0.15) is 13.2 Å². The monoisotopic (exact) mass is 336 g/mol. The summed E-state index contributed by atoms with van der Waals surface area (Å²) in [7, 11) is 1.83. The van der Waals surface area contributed by atoms with Crippen molar-refractivity contribution in [2.24, 2.45) is 0 Å². The molecule has 0 saturated heterocycles. The molecule has 2 rings (SSSR count). The van der Waals surface area contributed by atoms with Crippen LogP contribution in [-0.2, 0) is 19.3 Å². The van der Waals surface area contributed by atoms with Crippen LogP contribution in [0.4, 0.5) is 13.2 Å². The summed E-state index contributed by atoms with van der Waals surface area (Å²) in [5.74, 6) is 0. The molecule has 0 aliphatic heterocycles. The lowest BCUT2D eigenvalue weighted by Gasteiger charge is -2.16. The van der Waals surface area contributed by atoms with Crippen molar-refractivity contribution in [3.05, 3.63) is 39.1 Å². The maximum atomic E-state index is 12.5. The van der Waals surface area contributed by atoms with Crippen molar-refractivity contribution in [1.82, 2.24) is 19.5 Å². The molecular formula is C12H12ClF3N4S. The fourth-order valence-corrected chi connectivity index (χ4v) is 2.63. The Labute approximate surface area is 128 Å². The fraction of sp³-hybridized carbons (Fsp3) is 0.417. The van der Waals surface area contributed by atoms with Gasteiger partial charge in [-0.25, -0.2) is 0 Å². The average Bonchev–Trinajstić information content (AvgIpc) is 2.76. The van der Waals surface area contributed by atoms with Gasteiger partial charge in [0.2, 0.25) is 0 Å². The van der Waals surface area contributed by atoms with E-state index in [-0.39, 0.29) is 5.02 Å². The maximum absolute atomic E-state index is 12.5. The minimum absolute atomic E-state index is 0.0100. The zero-order valence-electron chi connectivity index (χ0n) is 11.3. The molecule has 0 radical (unpaired) electrons. The van der Waals surface area contributed by atoms with Gasteiger partial charge in [-0.1, -0.05) is 16.1 Å². The van der Waals surface area contributed by atoms with E-state index in [9.17, 15) is 13.2 Å². The van der Waals surface area contributed by atoms with Crippen LogP contribution in [0.15, 0.2) is 12.3 Å². The van der Waals surface area contributed by atoms with Crippen molar-refractivity contribution < 1.29 is 13.2 Å². The molecule has 0 spiro atoms. The van der Waals surface area contributed by atoms with Gasteiger partial charge in [0, 0.05) is 19.3 Å². The third kappa shape index (κ3) is 4.12. The predicted octanol–water partition coefficient (Wildman–Crippen LogP) is 3.55. The van der Waals surface area contributed by atoms with Crippen LogP contribution in [0.1, 0.15) is 21.8 Å². The molecule has 0 saturated carbocycles. The molecule has 114 valence electrons. The largest absolute Gasteiger partial charge is 0.417 e. The first kappa shape index (κ1) is 16.1. The SMILES string of the molecule is Cc1nnsc1CN(C)Cc1ncc(C(F)(F)F)cc1Cl. The van der Waals surface area contributed by atoms with Crippen molar-refractivity contribution in [2.75, 3.05) is 7.05 Å². The Morgan fingerprint density at radius 3 is 2.57 bits per heavy atom. The molecule has 0 bridgehead atoms. The van der Waals surface area contributed by atoms with Crippen LogP contribution in [0.2, 0.25) is 5.02 Å². The second-order valence-corrected chi connectivity index (χ2v) is 5.85. The molecule has 0 amide bonds. The first-order valence-electron chi connectivity index (χ1n) is 5.95. The zero-order chi connectivity index (χ0) is 15.6. The lowest BCUT2D eigenvalue weighted by molar-refractivity contribution is -0.137. The Hall–Kier alpha value is -1.25. The van der Waals surface area contributed by atoms with Crippen LogP contribution in [-0.4, -0.2) is 26.5 Å². The summed E-state index contributed by atoms with van der Waals surface area (Å²) in [4.78, 5) is 6.71. The van der Waals surface area contributed by atoms with E-state index in [0.717, 1.165) is 22.8 Å². The smallest absolute Gasteiger partial charge is 0.295 e. The highest BCUT2D eigenvalue weighted by Crippen LogP contribution is 2.31. The molecule has 21 heavy (non-hydrogen) atoms. The van der Waals surface area contributed by atoms with E-state index < -0.39 is 11.7 Å². The Bertz CT molecular complexity index is 629. The van der Waals surface area contributed by atoms with Gasteiger partial charge in [0.05, 0.1) is 26.9 Å². The molecule has 2 aromatic heterocycles. The second kappa shape index (κ2) is 6.25. The molecule has 0 fully saturated rings. The number of alkyl halides is 3. The second-order valence-electron chi connectivity index (χ2n) is 4.60. The van der Waals surface area contributed by atoms with Gasteiger partial charge in [-0.05, 0) is 31.6 Å². The summed E-state index contributed by atoms with van der Waals surface area (Å²) in [5, 5.41) is 3.92. The third-order valence-corrected chi connectivity index (χ3v) is 3.96. The zero-order valence-corrected chi connectivity index (χ0v) is 12.9. The number of nitrogens with zero attached hydrogens (tertiary/aromatic N) is 4. The molecule has 0 N–H and O–H groups in total. The predicted molar refractivity (Wildman–Crippen MR) is 74.1 cm³/mol. The molecule has 0 unspecified atom stereocenters. The fourth-order valence-electron chi connectivity index (χ4n) is 1.69. The van der Waals surface area contributed by atoms with Gasteiger partial charge in [0.1, 0.15) is 0 Å². The first-order chi connectivity index (χ1) is 9.77. The Balaban J connectivity index is 2.08. The maximum Gasteiger partial charge on any atom is 0.417 e. The minimum atomic E-state index is -4.44. The standard InChI is InChI=1S/C12H12ClF3N4S/c1-7-11(21-19-18-7)6-20(2)5-10-9(13)3-8(4-17-10)12(14,15)16/h3-4H,5-6H2,1-2H3. The van der Waals surface area contributed by atoms with Gasteiger partial charge >= 0.3 is 6.18 Å². The normalized spacial score (nSPS) is 12.1. The molecule has 0 aliphatic carbocycles. The molecule has 9 heteroatoms. The number of hydrogen-bond donors (Lipinski definition) is 0. The summed E-state index contributed by atoms with van der Waals surface area (Å²) in [5.41, 5.74) is 0.405. The summed E-state index contributed by atoms with van der Waals surface area (Å²) < 4.78 is 41.4. The number of aryl methyl sites for hydroxylation is 1. The number of rotatable bonds is 4. The number of pyridine rings is 1. The van der Waals surface area contributed by atoms with E-state index in [0.29, 0.717) is 18.8 Å². The molecule has 0 atom stereocenters. The molecule has 4 nitrogen and oxygen atoms in total. The number of hydrogen-bond acceptors (Lipinski definition) is 5. The first-order valence-corrected chi connectivity index (χ1v) is 7.10. The minimum Gasteiger partial charge on any atom is -0.295 e. The molecule has 2 heterocycles. The molecule has 0 aromatic carbocycles. The molecule has 2 aromatic rings. The summed E-state index contributed by atoms with van der Waals surface area (Å²) in [6, 6.07) is 0.900. The lowest BCUT2D eigenvalue weighted by Crippen LogP contribution is -2.18. The average molecular weight is 337 g/mol. The quantitative estimate of drug-likeness (QED) is 0.856. The van der Waals surface area contributed by atoms with E-state index in [1.54, 1.807) is 0 Å². The van der Waals surface area contributed by atoms with Crippen LogP contribution in [0.3, 0.4) is 0 Å². The lowest BCUT2D eigenvalue weighted by atomic mass is 10.2. The third-order valence-electron chi connectivity index (χ3n) is 2.82. The highest BCUT2D eigenvalue weighted by Gasteiger charge is 2.31. The van der Waals surface area contributed by atoms with Crippen LogP contribution in [0.5, 0.6) is 0 Å². The summed E-state index contributed by atoms with van der Waals surface area (Å²) >= 11 is 7.17. The number of halogens is 4. The Morgan fingerprint density at radius 2 is 2.05 bits per heavy atom. The van der Waals surface area contributed by atoms with Gasteiger partial charge in [-0.3, -0.25) is 9.88 Å². The van der Waals surface area contributed by atoms with Crippen molar-refractivity contribution in [1.29, 1.82) is 0 Å². The van der Waals surface area contributed by atoms with Gasteiger partial charge in [0.15, 0.2) is 0 Å². The molecular weight excluding hydrogens is 325 g/mol.